The normalized spacial score (nSPS) is 52.7. The van der Waals surface area contributed by atoms with Crippen molar-refractivity contribution in [2.75, 3.05) is 0 Å². The first-order chi connectivity index (χ1) is 9.94. The van der Waals surface area contributed by atoms with Gasteiger partial charge in [-0.1, -0.05) is 32.8 Å². The summed E-state index contributed by atoms with van der Waals surface area (Å²) in [7, 11) is 0. The SMILES string of the molecule is C[C@H]1C[C@H]2[C@@H]3CCC[C@@]3(C)CC[C@@H]2[C@@]2(C)CCC(=O)C=C12. The highest BCUT2D eigenvalue weighted by Gasteiger charge is 2.57. The predicted molar refractivity (Wildman–Crippen MR) is 85.9 cm³/mol. The lowest BCUT2D eigenvalue weighted by Gasteiger charge is -2.59. The Bertz CT molecular complexity index is 504. The van der Waals surface area contributed by atoms with Gasteiger partial charge in [-0.05, 0) is 79.1 Å². The largest absolute Gasteiger partial charge is 0.295 e. The summed E-state index contributed by atoms with van der Waals surface area (Å²) in [4.78, 5) is 11.9. The number of carbonyl (C=O) groups is 1. The summed E-state index contributed by atoms with van der Waals surface area (Å²) in [5, 5.41) is 0. The molecule has 4 rings (SSSR count). The van der Waals surface area contributed by atoms with E-state index in [0.717, 1.165) is 30.6 Å². The molecule has 116 valence electrons. The summed E-state index contributed by atoms with van der Waals surface area (Å²) < 4.78 is 0. The number of rotatable bonds is 0. The Morgan fingerprint density at radius 3 is 2.71 bits per heavy atom. The van der Waals surface area contributed by atoms with Crippen LogP contribution in [0.4, 0.5) is 0 Å². The fourth-order valence-electron chi connectivity index (χ4n) is 6.98. The lowest BCUT2D eigenvalue weighted by atomic mass is 9.46. The second-order valence-electron chi connectivity index (χ2n) is 9.08. The minimum absolute atomic E-state index is 0.333. The highest BCUT2D eigenvalue weighted by atomic mass is 16.1. The molecule has 4 aliphatic carbocycles. The molecule has 4 aliphatic rings. The summed E-state index contributed by atoms with van der Waals surface area (Å²) in [5.41, 5.74) is 2.49. The van der Waals surface area contributed by atoms with Gasteiger partial charge >= 0.3 is 0 Å². The highest BCUT2D eigenvalue weighted by Crippen LogP contribution is 2.66. The zero-order valence-corrected chi connectivity index (χ0v) is 14.0. The van der Waals surface area contributed by atoms with Crippen molar-refractivity contribution in [2.45, 2.75) is 72.1 Å². The van der Waals surface area contributed by atoms with Gasteiger partial charge in [-0.3, -0.25) is 4.79 Å². The lowest BCUT2D eigenvalue weighted by Crippen LogP contribution is -2.51. The fraction of sp³-hybridized carbons (Fsp3) is 0.850. The Hall–Kier alpha value is -0.590. The Kier molecular flexibility index (Phi) is 2.98. The van der Waals surface area contributed by atoms with Crippen molar-refractivity contribution in [2.24, 2.45) is 34.5 Å². The molecule has 0 aromatic rings. The summed E-state index contributed by atoms with van der Waals surface area (Å²) in [6.07, 6.45) is 12.5. The maximum atomic E-state index is 11.9. The molecule has 1 nitrogen and oxygen atoms in total. The molecule has 0 bridgehead atoms. The number of ketones is 1. The zero-order chi connectivity index (χ0) is 14.8. The Morgan fingerprint density at radius 2 is 1.90 bits per heavy atom. The minimum atomic E-state index is 0.333. The van der Waals surface area contributed by atoms with Gasteiger partial charge in [0.05, 0.1) is 0 Å². The van der Waals surface area contributed by atoms with E-state index < -0.39 is 0 Å². The average molecular weight is 286 g/mol. The Balaban J connectivity index is 1.73. The van der Waals surface area contributed by atoms with Crippen molar-refractivity contribution in [1.82, 2.24) is 0 Å². The van der Waals surface area contributed by atoms with Crippen LogP contribution in [0.5, 0.6) is 0 Å². The molecule has 0 spiro atoms. The van der Waals surface area contributed by atoms with Crippen LogP contribution < -0.4 is 0 Å². The molecule has 0 aromatic heterocycles. The Morgan fingerprint density at radius 1 is 1.10 bits per heavy atom. The molecule has 0 saturated heterocycles. The molecule has 0 unspecified atom stereocenters. The fourth-order valence-corrected chi connectivity index (χ4v) is 6.98. The van der Waals surface area contributed by atoms with Crippen molar-refractivity contribution in [3.63, 3.8) is 0 Å². The van der Waals surface area contributed by atoms with E-state index in [2.05, 4.69) is 20.8 Å². The number of hydrogen-bond acceptors (Lipinski definition) is 1. The molecule has 0 heterocycles. The van der Waals surface area contributed by atoms with E-state index in [1.165, 1.54) is 44.1 Å². The standard InChI is InChI=1S/C20H30O/c1-13-11-15-16-5-4-8-19(16,2)9-7-17(15)20(3)10-6-14(21)12-18(13)20/h12-13,15-17H,4-11H2,1-3H3/t13-,15-,16-,17-,19-,20+/m0/s1. The van der Waals surface area contributed by atoms with E-state index in [1.807, 2.05) is 6.08 Å². The molecule has 0 aromatic carbocycles. The molecule has 21 heavy (non-hydrogen) atoms. The Labute approximate surface area is 129 Å². The van der Waals surface area contributed by atoms with E-state index in [1.54, 1.807) is 0 Å². The number of hydrogen-bond donors (Lipinski definition) is 0. The van der Waals surface area contributed by atoms with Crippen molar-refractivity contribution in [3.8, 4) is 0 Å². The first kappa shape index (κ1) is 14.0. The van der Waals surface area contributed by atoms with E-state index in [4.69, 9.17) is 0 Å². The van der Waals surface area contributed by atoms with Gasteiger partial charge in [0.15, 0.2) is 5.78 Å². The van der Waals surface area contributed by atoms with Crippen molar-refractivity contribution in [1.29, 1.82) is 0 Å². The predicted octanol–water partition coefficient (Wildman–Crippen LogP) is 5.15. The monoisotopic (exact) mass is 286 g/mol. The summed E-state index contributed by atoms with van der Waals surface area (Å²) in [6.45, 7) is 7.46. The molecule has 1 heteroatoms. The molecule has 0 aliphatic heterocycles. The first-order valence-electron chi connectivity index (χ1n) is 9.19. The quantitative estimate of drug-likeness (QED) is 0.601. The maximum Gasteiger partial charge on any atom is 0.155 e. The first-order valence-corrected chi connectivity index (χ1v) is 9.19. The van der Waals surface area contributed by atoms with Gasteiger partial charge in [0.2, 0.25) is 0 Å². The molecule has 3 fully saturated rings. The summed E-state index contributed by atoms with van der Waals surface area (Å²) in [6, 6.07) is 0. The smallest absolute Gasteiger partial charge is 0.155 e. The van der Waals surface area contributed by atoms with Crippen LogP contribution in [-0.4, -0.2) is 5.78 Å². The van der Waals surface area contributed by atoms with E-state index in [0.29, 0.717) is 22.5 Å². The topological polar surface area (TPSA) is 17.1 Å². The molecule has 6 atom stereocenters. The van der Waals surface area contributed by atoms with Crippen LogP contribution >= 0.6 is 0 Å². The second kappa shape index (κ2) is 4.46. The van der Waals surface area contributed by atoms with Gasteiger partial charge in [-0.2, -0.15) is 0 Å². The summed E-state index contributed by atoms with van der Waals surface area (Å²) in [5.74, 6) is 3.76. The van der Waals surface area contributed by atoms with Gasteiger partial charge in [0.25, 0.3) is 0 Å². The van der Waals surface area contributed by atoms with Crippen LogP contribution in [0, 0.1) is 34.5 Å². The van der Waals surface area contributed by atoms with Crippen LogP contribution in [0.25, 0.3) is 0 Å². The molecule has 0 amide bonds. The second-order valence-corrected chi connectivity index (χ2v) is 9.08. The number of fused-ring (bicyclic) bond motifs is 5. The van der Waals surface area contributed by atoms with Gasteiger partial charge in [0, 0.05) is 6.42 Å². The molecule has 3 saturated carbocycles. The van der Waals surface area contributed by atoms with Crippen LogP contribution in [-0.2, 0) is 4.79 Å². The number of carbonyl (C=O) groups excluding carboxylic acids is 1. The molecular formula is C20H30O. The van der Waals surface area contributed by atoms with Gasteiger partial charge in [-0.15, -0.1) is 0 Å². The third kappa shape index (κ3) is 1.85. The van der Waals surface area contributed by atoms with Crippen LogP contribution in [0.3, 0.4) is 0 Å². The molecular weight excluding hydrogens is 256 g/mol. The van der Waals surface area contributed by atoms with Crippen LogP contribution in [0.15, 0.2) is 11.6 Å². The zero-order valence-electron chi connectivity index (χ0n) is 14.0. The van der Waals surface area contributed by atoms with Gasteiger partial charge in [-0.25, -0.2) is 0 Å². The molecule has 0 radical (unpaired) electrons. The van der Waals surface area contributed by atoms with Crippen molar-refractivity contribution in [3.05, 3.63) is 11.6 Å². The van der Waals surface area contributed by atoms with E-state index in [9.17, 15) is 4.79 Å². The average Bonchev–Trinajstić information content (AvgIpc) is 2.83. The van der Waals surface area contributed by atoms with E-state index in [-0.39, 0.29) is 0 Å². The van der Waals surface area contributed by atoms with Crippen LogP contribution in [0.1, 0.15) is 72.1 Å². The third-order valence-corrected chi connectivity index (χ3v) is 8.06. The van der Waals surface area contributed by atoms with E-state index >= 15 is 0 Å². The maximum absolute atomic E-state index is 11.9. The lowest BCUT2D eigenvalue weighted by molar-refractivity contribution is -0.117. The molecule has 0 N–H and O–H groups in total. The van der Waals surface area contributed by atoms with Crippen LogP contribution in [0.2, 0.25) is 0 Å². The van der Waals surface area contributed by atoms with Crippen molar-refractivity contribution < 1.29 is 4.79 Å². The van der Waals surface area contributed by atoms with Gasteiger partial charge in [0.1, 0.15) is 0 Å². The minimum Gasteiger partial charge on any atom is -0.295 e. The van der Waals surface area contributed by atoms with Crippen molar-refractivity contribution >= 4 is 5.78 Å². The van der Waals surface area contributed by atoms with Gasteiger partial charge < -0.3 is 0 Å². The number of allylic oxidation sites excluding steroid dienone is 1. The summed E-state index contributed by atoms with van der Waals surface area (Å²) >= 11 is 0. The highest BCUT2D eigenvalue weighted by molar-refractivity contribution is 5.91. The third-order valence-electron chi connectivity index (χ3n) is 8.06.